The minimum absolute atomic E-state index is 0.0206. The van der Waals surface area contributed by atoms with E-state index in [4.69, 9.17) is 15.6 Å². The summed E-state index contributed by atoms with van der Waals surface area (Å²) in [5, 5.41) is 8.99. The van der Waals surface area contributed by atoms with E-state index < -0.39 is 11.9 Å². The Bertz CT molecular complexity index is 436. The number of nitrogens with zero attached hydrogens (tertiary/aromatic N) is 2. The van der Waals surface area contributed by atoms with Crippen LogP contribution in [0.15, 0.2) is 17.1 Å². The number of nitrogens with two attached hydrogens (primary N) is 1. The summed E-state index contributed by atoms with van der Waals surface area (Å²) in [6, 6.07) is 1.54. The van der Waals surface area contributed by atoms with E-state index in [1.807, 2.05) is 0 Å². The number of rotatable bonds is 2. The van der Waals surface area contributed by atoms with Crippen molar-refractivity contribution in [1.29, 1.82) is 0 Å². The average Bonchev–Trinajstić information content (AvgIpc) is 2.60. The zero-order chi connectivity index (χ0) is 11.7. The summed E-state index contributed by atoms with van der Waals surface area (Å²) in [6.45, 7) is -0.0598. The number of aliphatic hydroxyl groups is 1. The van der Waals surface area contributed by atoms with Crippen LogP contribution in [-0.4, -0.2) is 32.2 Å². The third kappa shape index (κ3) is 2.11. The molecule has 6 nitrogen and oxygen atoms in total. The van der Waals surface area contributed by atoms with Crippen molar-refractivity contribution >= 4 is 21.7 Å². The summed E-state index contributed by atoms with van der Waals surface area (Å²) in [7, 11) is 0. The lowest BCUT2D eigenvalue weighted by Gasteiger charge is -2.16. The summed E-state index contributed by atoms with van der Waals surface area (Å²) in [5.41, 5.74) is 4.95. The van der Waals surface area contributed by atoms with Crippen LogP contribution < -0.4 is 11.4 Å². The minimum atomic E-state index is -0.451. The maximum atomic E-state index is 11.6. The molecule has 0 saturated carbocycles. The molecular formula is C9H12BrN3O3. The molecule has 0 amide bonds. The van der Waals surface area contributed by atoms with E-state index in [2.05, 4.69) is 20.9 Å². The molecule has 1 fully saturated rings. The Morgan fingerprint density at radius 3 is 3.06 bits per heavy atom. The quantitative estimate of drug-likeness (QED) is 0.740. The van der Waals surface area contributed by atoms with Gasteiger partial charge in [-0.15, -0.1) is 0 Å². The predicted octanol–water partition coefficient (Wildman–Crippen LogP) is -0.131. The summed E-state index contributed by atoms with van der Waals surface area (Å²) in [5.74, 6) is 0.184. The number of hydrogen-bond acceptors (Lipinski definition) is 5. The van der Waals surface area contributed by atoms with Crippen molar-refractivity contribution in [3.8, 4) is 0 Å². The van der Waals surface area contributed by atoms with Crippen LogP contribution in [0.1, 0.15) is 12.6 Å². The zero-order valence-corrected chi connectivity index (χ0v) is 10.0. The predicted molar refractivity (Wildman–Crippen MR) is 61.2 cm³/mol. The van der Waals surface area contributed by atoms with E-state index in [0.29, 0.717) is 6.42 Å². The van der Waals surface area contributed by atoms with E-state index in [1.54, 1.807) is 6.20 Å². The van der Waals surface area contributed by atoms with Crippen molar-refractivity contribution in [3.05, 3.63) is 22.7 Å². The van der Waals surface area contributed by atoms with Crippen LogP contribution in [0.5, 0.6) is 0 Å². The normalized spacial score (nSPS) is 29.5. The number of alkyl halides is 1. The molecule has 0 unspecified atom stereocenters. The van der Waals surface area contributed by atoms with Gasteiger partial charge in [-0.1, -0.05) is 15.9 Å². The lowest BCUT2D eigenvalue weighted by Crippen LogP contribution is -2.30. The molecule has 0 aromatic carbocycles. The number of nitrogen functional groups attached to an aromatic ring is 1. The second kappa shape index (κ2) is 4.52. The molecule has 1 aliphatic heterocycles. The highest BCUT2D eigenvalue weighted by atomic mass is 79.9. The molecule has 16 heavy (non-hydrogen) atoms. The number of aromatic nitrogens is 2. The number of anilines is 1. The van der Waals surface area contributed by atoms with E-state index in [9.17, 15) is 4.79 Å². The molecule has 0 spiro atoms. The van der Waals surface area contributed by atoms with Gasteiger partial charge >= 0.3 is 5.69 Å². The minimum Gasteiger partial charge on any atom is -0.394 e. The molecule has 7 heteroatoms. The van der Waals surface area contributed by atoms with Crippen LogP contribution in [0, 0.1) is 0 Å². The Morgan fingerprint density at radius 1 is 1.75 bits per heavy atom. The fraction of sp³-hybridized carbons (Fsp3) is 0.556. The van der Waals surface area contributed by atoms with Crippen LogP contribution in [0.25, 0.3) is 0 Å². The van der Waals surface area contributed by atoms with Gasteiger partial charge in [-0.25, -0.2) is 4.79 Å². The van der Waals surface area contributed by atoms with Gasteiger partial charge in [0.05, 0.1) is 17.5 Å². The Morgan fingerprint density at radius 2 is 2.50 bits per heavy atom. The summed E-state index contributed by atoms with van der Waals surface area (Å²) < 4.78 is 6.88. The molecule has 88 valence electrons. The first kappa shape index (κ1) is 11.6. The lowest BCUT2D eigenvalue weighted by atomic mass is 10.2. The van der Waals surface area contributed by atoms with Gasteiger partial charge in [-0.05, 0) is 12.5 Å². The molecule has 0 radical (unpaired) electrons. The second-order valence-corrected chi connectivity index (χ2v) is 4.80. The summed E-state index contributed by atoms with van der Waals surface area (Å²) in [4.78, 5) is 15.2. The van der Waals surface area contributed by atoms with Crippen LogP contribution >= 0.6 is 15.9 Å². The second-order valence-electron chi connectivity index (χ2n) is 3.63. The van der Waals surface area contributed by atoms with Gasteiger partial charge in [-0.2, -0.15) is 4.98 Å². The van der Waals surface area contributed by atoms with Gasteiger partial charge in [0.2, 0.25) is 0 Å². The zero-order valence-electron chi connectivity index (χ0n) is 8.41. The molecule has 2 heterocycles. The maximum Gasteiger partial charge on any atom is 0.351 e. The third-order valence-corrected chi connectivity index (χ3v) is 3.28. The Balaban J connectivity index is 2.28. The van der Waals surface area contributed by atoms with E-state index in [-0.39, 0.29) is 23.4 Å². The van der Waals surface area contributed by atoms with Gasteiger partial charge in [-0.3, -0.25) is 4.57 Å². The van der Waals surface area contributed by atoms with Crippen LogP contribution in [0.3, 0.4) is 0 Å². The first-order valence-electron chi connectivity index (χ1n) is 4.87. The number of ether oxygens (including phenoxy) is 1. The SMILES string of the molecule is Nc1ccn([C@H]2O[C@H](CO)C[C@H]2Br)c(=O)n1. The van der Waals surface area contributed by atoms with Gasteiger partial charge in [0.1, 0.15) is 5.82 Å². The molecule has 1 aliphatic rings. The fourth-order valence-corrected chi connectivity index (χ4v) is 2.48. The van der Waals surface area contributed by atoms with Crippen molar-refractivity contribution in [2.75, 3.05) is 12.3 Å². The van der Waals surface area contributed by atoms with E-state index in [1.165, 1.54) is 10.6 Å². The van der Waals surface area contributed by atoms with Crippen molar-refractivity contribution in [2.45, 2.75) is 23.6 Å². The van der Waals surface area contributed by atoms with Crippen LogP contribution in [0.2, 0.25) is 0 Å². The smallest absolute Gasteiger partial charge is 0.351 e. The standard InChI is InChI=1S/C9H12BrN3O3/c10-6-3-5(4-14)16-8(6)13-2-1-7(11)12-9(13)15/h1-2,5-6,8,14H,3-4H2,(H2,11,12,15)/t5-,6+,8-/m0/s1. The van der Waals surface area contributed by atoms with Gasteiger partial charge in [0.25, 0.3) is 0 Å². The Hall–Kier alpha value is -0.920. The average molecular weight is 290 g/mol. The number of aliphatic hydroxyl groups excluding tert-OH is 1. The van der Waals surface area contributed by atoms with Crippen molar-refractivity contribution in [2.24, 2.45) is 0 Å². The number of halogens is 1. The first-order chi connectivity index (χ1) is 7.61. The molecule has 3 atom stereocenters. The molecule has 3 N–H and O–H groups in total. The van der Waals surface area contributed by atoms with E-state index >= 15 is 0 Å². The molecular weight excluding hydrogens is 278 g/mol. The number of hydrogen-bond donors (Lipinski definition) is 2. The maximum absolute atomic E-state index is 11.6. The highest BCUT2D eigenvalue weighted by Crippen LogP contribution is 2.32. The topological polar surface area (TPSA) is 90.4 Å². The largest absolute Gasteiger partial charge is 0.394 e. The summed E-state index contributed by atoms with van der Waals surface area (Å²) in [6.07, 6.45) is 1.50. The van der Waals surface area contributed by atoms with Crippen LogP contribution in [-0.2, 0) is 4.74 Å². The fourth-order valence-electron chi connectivity index (χ4n) is 1.68. The molecule has 1 aromatic rings. The monoisotopic (exact) mass is 289 g/mol. The Labute approximate surface area is 100 Å². The van der Waals surface area contributed by atoms with E-state index in [0.717, 1.165) is 0 Å². The lowest BCUT2D eigenvalue weighted by molar-refractivity contribution is -0.0230. The van der Waals surface area contributed by atoms with Crippen molar-refractivity contribution in [3.63, 3.8) is 0 Å². The highest BCUT2D eigenvalue weighted by Gasteiger charge is 2.34. The summed E-state index contributed by atoms with van der Waals surface area (Å²) >= 11 is 3.42. The highest BCUT2D eigenvalue weighted by molar-refractivity contribution is 9.09. The molecule has 0 bridgehead atoms. The van der Waals surface area contributed by atoms with Gasteiger partial charge in [0.15, 0.2) is 6.23 Å². The van der Waals surface area contributed by atoms with Crippen LogP contribution in [0.4, 0.5) is 5.82 Å². The molecule has 1 aromatic heterocycles. The van der Waals surface area contributed by atoms with Gasteiger partial charge in [0, 0.05) is 6.20 Å². The first-order valence-corrected chi connectivity index (χ1v) is 5.78. The molecule has 2 rings (SSSR count). The van der Waals surface area contributed by atoms with Gasteiger partial charge < -0.3 is 15.6 Å². The van der Waals surface area contributed by atoms with Crippen molar-refractivity contribution < 1.29 is 9.84 Å². The van der Waals surface area contributed by atoms with Crippen molar-refractivity contribution in [1.82, 2.24) is 9.55 Å². The molecule has 1 saturated heterocycles. The Kier molecular flexibility index (Phi) is 3.27. The third-order valence-electron chi connectivity index (χ3n) is 2.46. The molecule has 0 aliphatic carbocycles.